The Balaban J connectivity index is 1.85. The lowest BCUT2D eigenvalue weighted by Crippen LogP contribution is -2.50. The van der Waals surface area contributed by atoms with Crippen molar-refractivity contribution in [2.75, 3.05) is 26.2 Å². The number of nitrogens with two attached hydrogens (primary N) is 1. The van der Waals surface area contributed by atoms with Crippen molar-refractivity contribution >= 4 is 11.8 Å². The maximum absolute atomic E-state index is 12.2. The highest BCUT2D eigenvalue weighted by Crippen LogP contribution is 2.15. The first-order valence-electron chi connectivity index (χ1n) is 6.91. The van der Waals surface area contributed by atoms with Gasteiger partial charge >= 0.3 is 0 Å². The fraction of sp³-hybridized carbons (Fsp3) is 0.467. The Morgan fingerprint density at radius 2 is 1.65 bits per heavy atom. The SMILES string of the molecule is CC(=O)N1CCN(C(=O)CC(N)c2ccccc2)CC1. The molecule has 2 amide bonds. The van der Waals surface area contributed by atoms with Gasteiger partial charge in [0.25, 0.3) is 0 Å². The molecule has 1 aromatic rings. The molecule has 1 saturated heterocycles. The zero-order chi connectivity index (χ0) is 14.5. The molecule has 1 aromatic carbocycles. The van der Waals surface area contributed by atoms with Crippen molar-refractivity contribution < 1.29 is 9.59 Å². The van der Waals surface area contributed by atoms with Gasteiger partial charge in [0.2, 0.25) is 11.8 Å². The molecule has 0 spiro atoms. The number of piperazine rings is 1. The van der Waals surface area contributed by atoms with Crippen LogP contribution >= 0.6 is 0 Å². The summed E-state index contributed by atoms with van der Waals surface area (Å²) in [5.74, 6) is 0.127. The van der Waals surface area contributed by atoms with Crippen molar-refractivity contribution in [1.29, 1.82) is 0 Å². The number of hydrogen-bond acceptors (Lipinski definition) is 3. The van der Waals surface area contributed by atoms with E-state index >= 15 is 0 Å². The molecular formula is C15H21N3O2. The second-order valence-electron chi connectivity index (χ2n) is 5.11. The molecule has 0 bridgehead atoms. The van der Waals surface area contributed by atoms with Crippen molar-refractivity contribution in [3.63, 3.8) is 0 Å². The molecule has 1 fully saturated rings. The van der Waals surface area contributed by atoms with E-state index in [1.54, 1.807) is 16.7 Å². The van der Waals surface area contributed by atoms with Crippen LogP contribution in [0.1, 0.15) is 24.9 Å². The van der Waals surface area contributed by atoms with Crippen molar-refractivity contribution in [3.05, 3.63) is 35.9 Å². The summed E-state index contributed by atoms with van der Waals surface area (Å²) in [4.78, 5) is 27.0. The van der Waals surface area contributed by atoms with Crippen LogP contribution in [0.15, 0.2) is 30.3 Å². The van der Waals surface area contributed by atoms with Gasteiger partial charge in [-0.3, -0.25) is 9.59 Å². The second kappa shape index (κ2) is 6.52. The van der Waals surface area contributed by atoms with Crippen LogP contribution in [0.25, 0.3) is 0 Å². The van der Waals surface area contributed by atoms with E-state index < -0.39 is 0 Å². The number of amides is 2. The average molecular weight is 275 g/mol. The monoisotopic (exact) mass is 275 g/mol. The molecule has 2 N–H and O–H groups in total. The third kappa shape index (κ3) is 3.57. The van der Waals surface area contributed by atoms with E-state index in [9.17, 15) is 9.59 Å². The quantitative estimate of drug-likeness (QED) is 0.886. The second-order valence-corrected chi connectivity index (χ2v) is 5.11. The first-order chi connectivity index (χ1) is 9.58. The predicted octanol–water partition coefficient (Wildman–Crippen LogP) is 0.767. The molecule has 1 aliphatic heterocycles. The van der Waals surface area contributed by atoms with Gasteiger partial charge in [-0.2, -0.15) is 0 Å². The van der Waals surface area contributed by atoms with Crippen LogP contribution in [0.5, 0.6) is 0 Å². The van der Waals surface area contributed by atoms with E-state index in [2.05, 4.69) is 0 Å². The van der Waals surface area contributed by atoms with E-state index in [0.717, 1.165) is 5.56 Å². The summed E-state index contributed by atoms with van der Waals surface area (Å²) >= 11 is 0. The molecule has 5 heteroatoms. The molecule has 0 saturated carbocycles. The summed E-state index contributed by atoms with van der Waals surface area (Å²) < 4.78 is 0. The van der Waals surface area contributed by atoms with Crippen LogP contribution < -0.4 is 5.73 Å². The minimum atomic E-state index is -0.269. The van der Waals surface area contributed by atoms with Crippen LogP contribution in [-0.4, -0.2) is 47.8 Å². The van der Waals surface area contributed by atoms with Gasteiger partial charge in [0.05, 0.1) is 0 Å². The van der Waals surface area contributed by atoms with Gasteiger partial charge in [-0.05, 0) is 5.56 Å². The highest BCUT2D eigenvalue weighted by atomic mass is 16.2. The highest BCUT2D eigenvalue weighted by Gasteiger charge is 2.23. The number of nitrogens with zero attached hydrogens (tertiary/aromatic N) is 2. The Kier molecular flexibility index (Phi) is 4.74. The molecule has 0 aromatic heterocycles. The van der Waals surface area contributed by atoms with Gasteiger partial charge in [-0.25, -0.2) is 0 Å². The van der Waals surface area contributed by atoms with Gasteiger partial charge < -0.3 is 15.5 Å². The predicted molar refractivity (Wildman–Crippen MR) is 76.8 cm³/mol. The molecule has 1 heterocycles. The molecule has 0 radical (unpaired) electrons. The van der Waals surface area contributed by atoms with Gasteiger partial charge in [0.15, 0.2) is 0 Å². The van der Waals surface area contributed by atoms with Gasteiger partial charge in [-0.1, -0.05) is 30.3 Å². The molecule has 1 unspecified atom stereocenters. The van der Waals surface area contributed by atoms with E-state index in [1.807, 2.05) is 30.3 Å². The number of hydrogen-bond donors (Lipinski definition) is 1. The maximum atomic E-state index is 12.2. The van der Waals surface area contributed by atoms with Gasteiger partial charge in [0.1, 0.15) is 0 Å². The van der Waals surface area contributed by atoms with Crippen LogP contribution in [-0.2, 0) is 9.59 Å². The highest BCUT2D eigenvalue weighted by molar-refractivity contribution is 5.78. The average Bonchev–Trinajstić information content (AvgIpc) is 2.48. The van der Waals surface area contributed by atoms with E-state index in [-0.39, 0.29) is 17.9 Å². The Labute approximate surface area is 119 Å². The zero-order valence-electron chi connectivity index (χ0n) is 11.8. The van der Waals surface area contributed by atoms with Crippen LogP contribution in [0.3, 0.4) is 0 Å². The molecular weight excluding hydrogens is 254 g/mol. The third-order valence-corrected chi connectivity index (χ3v) is 3.70. The fourth-order valence-electron chi connectivity index (χ4n) is 2.41. The van der Waals surface area contributed by atoms with Crippen molar-refractivity contribution in [1.82, 2.24) is 9.80 Å². The molecule has 5 nitrogen and oxygen atoms in total. The normalized spacial score (nSPS) is 16.9. The Morgan fingerprint density at radius 1 is 1.10 bits per heavy atom. The first-order valence-corrected chi connectivity index (χ1v) is 6.91. The maximum Gasteiger partial charge on any atom is 0.224 e. The van der Waals surface area contributed by atoms with Crippen LogP contribution in [0.2, 0.25) is 0 Å². The molecule has 108 valence electrons. The van der Waals surface area contributed by atoms with Crippen molar-refractivity contribution in [2.24, 2.45) is 5.73 Å². The summed E-state index contributed by atoms with van der Waals surface area (Å²) in [7, 11) is 0. The Hall–Kier alpha value is -1.88. The molecule has 1 aliphatic rings. The molecule has 0 aliphatic carbocycles. The topological polar surface area (TPSA) is 66.6 Å². The Morgan fingerprint density at radius 3 is 2.20 bits per heavy atom. The van der Waals surface area contributed by atoms with E-state index in [1.165, 1.54) is 0 Å². The fourth-order valence-corrected chi connectivity index (χ4v) is 2.41. The molecule has 20 heavy (non-hydrogen) atoms. The van der Waals surface area contributed by atoms with Crippen molar-refractivity contribution in [2.45, 2.75) is 19.4 Å². The first kappa shape index (κ1) is 14.5. The van der Waals surface area contributed by atoms with E-state index in [0.29, 0.717) is 32.6 Å². The number of carbonyl (C=O) groups excluding carboxylic acids is 2. The third-order valence-electron chi connectivity index (χ3n) is 3.70. The van der Waals surface area contributed by atoms with Gasteiger partial charge in [0, 0.05) is 45.6 Å². The van der Waals surface area contributed by atoms with Crippen LogP contribution in [0, 0.1) is 0 Å². The minimum absolute atomic E-state index is 0.0598. The standard InChI is InChI=1S/C15H21N3O2/c1-12(19)17-7-9-18(10-8-17)15(20)11-14(16)13-5-3-2-4-6-13/h2-6,14H,7-11,16H2,1H3. The smallest absolute Gasteiger partial charge is 0.224 e. The summed E-state index contributed by atoms with van der Waals surface area (Å²) in [6.45, 7) is 3.98. The largest absolute Gasteiger partial charge is 0.339 e. The Bertz CT molecular complexity index is 467. The lowest BCUT2D eigenvalue weighted by atomic mass is 10.0. The lowest BCUT2D eigenvalue weighted by molar-refractivity contribution is -0.138. The number of rotatable bonds is 3. The van der Waals surface area contributed by atoms with Crippen LogP contribution in [0.4, 0.5) is 0 Å². The summed E-state index contributed by atoms with van der Waals surface area (Å²) in [5.41, 5.74) is 7.04. The van der Waals surface area contributed by atoms with Gasteiger partial charge in [-0.15, -0.1) is 0 Å². The summed E-state index contributed by atoms with van der Waals surface area (Å²) in [6.07, 6.45) is 0.310. The lowest BCUT2D eigenvalue weighted by Gasteiger charge is -2.34. The minimum Gasteiger partial charge on any atom is -0.339 e. The number of carbonyl (C=O) groups is 2. The van der Waals surface area contributed by atoms with Crippen molar-refractivity contribution in [3.8, 4) is 0 Å². The summed E-state index contributed by atoms with van der Waals surface area (Å²) in [6, 6.07) is 9.38. The van der Waals surface area contributed by atoms with E-state index in [4.69, 9.17) is 5.73 Å². The molecule has 2 rings (SSSR count). The zero-order valence-corrected chi connectivity index (χ0v) is 11.8. The number of benzene rings is 1. The molecule has 1 atom stereocenters. The summed E-state index contributed by atoms with van der Waals surface area (Å²) in [5, 5.41) is 0.